The summed E-state index contributed by atoms with van der Waals surface area (Å²) in [4.78, 5) is 26.5. The maximum Gasteiger partial charge on any atom is 0.339 e. The minimum absolute atomic E-state index is 0.450. The highest BCUT2D eigenvalue weighted by molar-refractivity contribution is 6.08. The molecule has 0 saturated carbocycles. The van der Waals surface area contributed by atoms with E-state index >= 15 is 0 Å². The van der Waals surface area contributed by atoms with Crippen molar-refractivity contribution in [3.05, 3.63) is 181 Å². The van der Waals surface area contributed by atoms with Gasteiger partial charge in [0, 0.05) is 11.1 Å². The zero-order valence-electron chi connectivity index (χ0n) is 24.1. The number of esters is 2. The van der Waals surface area contributed by atoms with E-state index in [2.05, 4.69) is 25.3 Å². The lowest BCUT2D eigenvalue weighted by Gasteiger charge is -2.25. The van der Waals surface area contributed by atoms with Gasteiger partial charge in [-0.2, -0.15) is 0 Å². The molecule has 44 heavy (non-hydrogen) atoms. The highest BCUT2D eigenvalue weighted by Gasteiger charge is 2.26. The first kappa shape index (κ1) is 28.4. The molecule has 0 amide bonds. The molecular formula is C40H30O4. The maximum absolute atomic E-state index is 13.2. The first-order chi connectivity index (χ1) is 21.6. The van der Waals surface area contributed by atoms with E-state index in [0.717, 1.165) is 43.8 Å². The Balaban J connectivity index is 1.57. The molecule has 0 N–H and O–H groups in total. The quantitative estimate of drug-likeness (QED) is 0.127. The van der Waals surface area contributed by atoms with Gasteiger partial charge in [0.25, 0.3) is 0 Å². The average Bonchev–Trinajstić information content (AvgIpc) is 3.09. The molecule has 214 valence electrons. The Morgan fingerprint density at radius 3 is 1.23 bits per heavy atom. The van der Waals surface area contributed by atoms with Gasteiger partial charge < -0.3 is 9.47 Å². The van der Waals surface area contributed by atoms with Gasteiger partial charge in [0.2, 0.25) is 0 Å². The third-order valence-corrected chi connectivity index (χ3v) is 7.70. The number of fused-ring (bicyclic) bond motifs is 2. The fourth-order valence-electron chi connectivity index (χ4n) is 5.60. The molecule has 0 saturated heterocycles. The molecule has 0 fully saturated rings. The van der Waals surface area contributed by atoms with Crippen LogP contribution >= 0.6 is 0 Å². The Bertz CT molecular complexity index is 1850. The summed E-state index contributed by atoms with van der Waals surface area (Å²) < 4.78 is 12.2. The number of carbonyl (C=O) groups excluding carboxylic acids is 2. The molecule has 0 aromatic heterocycles. The molecule has 0 aliphatic carbocycles. The summed E-state index contributed by atoms with van der Waals surface area (Å²) in [5, 5.41) is 3.95. The van der Waals surface area contributed by atoms with E-state index < -0.39 is 24.1 Å². The van der Waals surface area contributed by atoms with Gasteiger partial charge in [-0.1, -0.05) is 122 Å². The summed E-state index contributed by atoms with van der Waals surface area (Å²) in [6.07, 6.45) is 1.76. The average molecular weight is 575 g/mol. The van der Waals surface area contributed by atoms with Crippen LogP contribution in [0.25, 0.3) is 32.7 Å². The monoisotopic (exact) mass is 574 g/mol. The molecule has 0 heterocycles. The first-order valence-corrected chi connectivity index (χ1v) is 14.4. The predicted octanol–water partition coefficient (Wildman–Crippen LogP) is 9.83. The van der Waals surface area contributed by atoms with Crippen LogP contribution in [0.2, 0.25) is 0 Å². The van der Waals surface area contributed by atoms with Crippen molar-refractivity contribution in [3.63, 3.8) is 0 Å². The number of hydrogen-bond acceptors (Lipinski definition) is 4. The molecular weight excluding hydrogens is 544 g/mol. The van der Waals surface area contributed by atoms with Crippen molar-refractivity contribution in [1.82, 2.24) is 0 Å². The summed E-state index contributed by atoms with van der Waals surface area (Å²) in [6, 6.07) is 42.0. The van der Waals surface area contributed by atoms with Crippen molar-refractivity contribution >= 4 is 33.5 Å². The lowest BCUT2D eigenvalue weighted by Crippen LogP contribution is -2.13. The van der Waals surface area contributed by atoms with Crippen molar-refractivity contribution in [2.45, 2.75) is 12.2 Å². The second-order valence-corrected chi connectivity index (χ2v) is 10.4. The maximum atomic E-state index is 13.2. The number of hydrogen-bond donors (Lipinski definition) is 0. The van der Waals surface area contributed by atoms with Gasteiger partial charge in [-0.3, -0.25) is 0 Å². The molecule has 0 bridgehead atoms. The van der Waals surface area contributed by atoms with Crippen LogP contribution in [0.1, 0.15) is 44.1 Å². The van der Waals surface area contributed by atoms with Gasteiger partial charge >= 0.3 is 11.9 Å². The van der Waals surface area contributed by atoms with Crippen molar-refractivity contribution in [2.24, 2.45) is 0 Å². The number of benzene rings is 6. The molecule has 2 atom stereocenters. The number of carbonyl (C=O) groups is 2. The lowest BCUT2D eigenvalue weighted by atomic mass is 9.84. The molecule has 6 aromatic rings. The molecule has 6 aromatic carbocycles. The highest BCUT2D eigenvalue weighted by atomic mass is 16.5. The highest BCUT2D eigenvalue weighted by Crippen LogP contribution is 2.44. The van der Waals surface area contributed by atoms with E-state index in [9.17, 15) is 9.59 Å². The van der Waals surface area contributed by atoms with Crippen molar-refractivity contribution in [3.8, 4) is 11.1 Å². The molecule has 4 nitrogen and oxygen atoms in total. The van der Waals surface area contributed by atoms with E-state index in [-0.39, 0.29) is 0 Å². The van der Waals surface area contributed by atoms with Crippen LogP contribution in [0, 0.1) is 0 Å². The van der Waals surface area contributed by atoms with E-state index in [1.807, 2.05) is 72.8 Å². The van der Waals surface area contributed by atoms with E-state index in [0.29, 0.717) is 11.1 Å². The van der Waals surface area contributed by atoms with Crippen LogP contribution in [0.15, 0.2) is 159 Å². The van der Waals surface area contributed by atoms with E-state index in [4.69, 9.17) is 9.47 Å². The fourth-order valence-corrected chi connectivity index (χ4v) is 5.60. The zero-order valence-corrected chi connectivity index (χ0v) is 24.1. The number of ether oxygens (including phenoxy) is 2. The molecule has 0 unspecified atom stereocenters. The topological polar surface area (TPSA) is 52.6 Å². The third-order valence-electron chi connectivity index (χ3n) is 7.70. The molecule has 0 aliphatic heterocycles. The molecule has 0 spiro atoms. The zero-order chi connectivity index (χ0) is 30.5. The van der Waals surface area contributed by atoms with E-state index in [1.165, 1.54) is 0 Å². The SMILES string of the molecule is C=C[C@H](OC(=O)c1ccccc1)c1ccc2ccccc2c1-c1c([C@H](C=C)OC(=O)c2ccccc2)ccc2ccccc12. The van der Waals surface area contributed by atoms with Crippen LogP contribution in [0.3, 0.4) is 0 Å². The number of rotatable bonds is 9. The lowest BCUT2D eigenvalue weighted by molar-refractivity contribution is 0.0381. The van der Waals surface area contributed by atoms with E-state index in [1.54, 1.807) is 60.7 Å². The second kappa shape index (κ2) is 12.6. The predicted molar refractivity (Wildman–Crippen MR) is 176 cm³/mol. The van der Waals surface area contributed by atoms with Crippen molar-refractivity contribution in [1.29, 1.82) is 0 Å². The normalized spacial score (nSPS) is 12.3. The Morgan fingerprint density at radius 2 is 0.841 bits per heavy atom. The minimum atomic E-state index is -0.761. The third kappa shape index (κ3) is 5.53. The summed E-state index contributed by atoms with van der Waals surface area (Å²) in [7, 11) is 0. The molecule has 6 rings (SSSR count). The van der Waals surface area contributed by atoms with Crippen LogP contribution in [0.4, 0.5) is 0 Å². The van der Waals surface area contributed by atoms with Crippen molar-refractivity contribution < 1.29 is 19.1 Å². The molecule has 0 radical (unpaired) electrons. The largest absolute Gasteiger partial charge is 0.450 e. The minimum Gasteiger partial charge on any atom is -0.450 e. The Labute approximate surface area is 256 Å². The van der Waals surface area contributed by atoms with Gasteiger partial charge in [-0.25, -0.2) is 9.59 Å². The van der Waals surface area contributed by atoms with Gasteiger partial charge in [0.1, 0.15) is 12.2 Å². The summed E-state index contributed by atoms with van der Waals surface area (Å²) in [5.41, 5.74) is 4.15. The van der Waals surface area contributed by atoms with Gasteiger partial charge in [-0.15, -0.1) is 0 Å². The van der Waals surface area contributed by atoms with Gasteiger partial charge in [-0.05, 0) is 69.1 Å². The Hall–Kier alpha value is -5.74. The smallest absolute Gasteiger partial charge is 0.339 e. The fraction of sp³-hybridized carbons (Fsp3) is 0.0500. The van der Waals surface area contributed by atoms with Crippen LogP contribution < -0.4 is 0 Å². The summed E-state index contributed by atoms with van der Waals surface area (Å²) in [6.45, 7) is 8.09. The summed E-state index contributed by atoms with van der Waals surface area (Å²) in [5.74, 6) is -0.901. The first-order valence-electron chi connectivity index (χ1n) is 14.4. The van der Waals surface area contributed by atoms with Gasteiger partial charge in [0.15, 0.2) is 0 Å². The standard InChI is InChI=1S/C40H30O4/c1-3-35(43-39(41)29-17-7-5-8-18-29)33-25-23-27-15-11-13-21-31(27)37(33)38-32-22-14-12-16-28(32)24-26-34(38)36(4-2)44-40(42)30-19-9-6-10-20-30/h3-26,35-36H,1-2H2/t35-,36-/m0/s1. The van der Waals surface area contributed by atoms with Gasteiger partial charge in [0.05, 0.1) is 11.1 Å². The summed E-state index contributed by atoms with van der Waals surface area (Å²) >= 11 is 0. The van der Waals surface area contributed by atoms with Crippen LogP contribution in [-0.2, 0) is 9.47 Å². The Morgan fingerprint density at radius 1 is 0.477 bits per heavy atom. The Kier molecular flexibility index (Phi) is 8.15. The molecule has 4 heteroatoms. The second-order valence-electron chi connectivity index (χ2n) is 10.4. The van der Waals surface area contributed by atoms with Crippen LogP contribution in [0.5, 0.6) is 0 Å². The molecule has 0 aliphatic rings. The van der Waals surface area contributed by atoms with Crippen molar-refractivity contribution in [2.75, 3.05) is 0 Å². The van der Waals surface area contributed by atoms with Crippen LogP contribution in [-0.4, -0.2) is 11.9 Å².